The van der Waals surface area contributed by atoms with E-state index in [2.05, 4.69) is 25.0 Å². The Kier molecular flexibility index (Phi) is 5.74. The van der Waals surface area contributed by atoms with Crippen molar-refractivity contribution in [3.05, 3.63) is 53.4 Å². The number of aliphatic imine (C=N–C) groups is 1. The van der Waals surface area contributed by atoms with Crippen molar-refractivity contribution in [3.8, 4) is 6.07 Å². The third kappa shape index (κ3) is 4.52. The normalized spacial score (nSPS) is 20.9. The Morgan fingerprint density at radius 1 is 1.35 bits per heavy atom. The minimum Gasteiger partial charge on any atom is -0.452 e. The zero-order valence-electron chi connectivity index (χ0n) is 15.5. The number of amidine groups is 1. The molecule has 3 rings (SSSR count). The van der Waals surface area contributed by atoms with Gasteiger partial charge >= 0.3 is 6.18 Å². The Balaban J connectivity index is 1.94. The molecule has 0 saturated heterocycles. The molecule has 3 heterocycles. The number of rotatable bonds is 4. The monoisotopic (exact) mass is 440 g/mol. The van der Waals surface area contributed by atoms with Gasteiger partial charge in [0.25, 0.3) is 11.9 Å². The summed E-state index contributed by atoms with van der Waals surface area (Å²) < 4.78 is 72.3. The second-order valence-electron chi connectivity index (χ2n) is 6.53. The van der Waals surface area contributed by atoms with Gasteiger partial charge in [0, 0.05) is 18.2 Å². The van der Waals surface area contributed by atoms with E-state index in [-0.39, 0.29) is 16.9 Å². The van der Waals surface area contributed by atoms with Gasteiger partial charge in [-0.2, -0.15) is 22.8 Å². The number of nitrogens with zero attached hydrogens (tertiary/aromatic N) is 4. The Hall–Kier alpha value is -3.82. The number of amides is 1. The molecule has 13 heteroatoms. The van der Waals surface area contributed by atoms with E-state index in [1.54, 1.807) is 0 Å². The van der Waals surface area contributed by atoms with E-state index in [0.717, 1.165) is 18.5 Å². The second-order valence-corrected chi connectivity index (χ2v) is 6.53. The molecule has 1 aliphatic heterocycles. The number of alkyl halides is 4. The Labute approximate surface area is 171 Å². The van der Waals surface area contributed by atoms with Crippen molar-refractivity contribution < 1.29 is 31.5 Å². The Morgan fingerprint density at radius 3 is 2.68 bits per heavy atom. The van der Waals surface area contributed by atoms with Crippen molar-refractivity contribution in [2.45, 2.75) is 24.2 Å². The minimum atomic E-state index is -4.90. The number of nitriles is 1. The summed E-state index contributed by atoms with van der Waals surface area (Å²) in [6, 6.07) is 4.38. The highest BCUT2D eigenvalue weighted by atomic mass is 19.4. The van der Waals surface area contributed by atoms with Crippen LogP contribution in [0.15, 0.2) is 35.6 Å². The number of anilines is 1. The van der Waals surface area contributed by atoms with Crippen LogP contribution < -0.4 is 11.1 Å². The molecule has 1 amide bonds. The van der Waals surface area contributed by atoms with Crippen LogP contribution in [0.25, 0.3) is 0 Å². The quantitative estimate of drug-likeness (QED) is 0.556. The molecular weight excluding hydrogens is 427 g/mol. The van der Waals surface area contributed by atoms with Gasteiger partial charge in [-0.1, -0.05) is 0 Å². The van der Waals surface area contributed by atoms with E-state index >= 15 is 0 Å². The van der Waals surface area contributed by atoms with Gasteiger partial charge in [-0.05, 0) is 18.2 Å². The predicted molar refractivity (Wildman–Crippen MR) is 95.9 cm³/mol. The van der Waals surface area contributed by atoms with Gasteiger partial charge in [0.15, 0.2) is 6.10 Å². The summed E-state index contributed by atoms with van der Waals surface area (Å²) in [5.41, 5.74) is 2.26. The van der Waals surface area contributed by atoms with Gasteiger partial charge in [-0.25, -0.2) is 19.4 Å². The maximum Gasteiger partial charge on any atom is 0.425 e. The lowest BCUT2D eigenvalue weighted by Crippen LogP contribution is -2.48. The fourth-order valence-corrected chi connectivity index (χ4v) is 2.92. The number of ether oxygens (including phenoxy) is 1. The van der Waals surface area contributed by atoms with Crippen LogP contribution in [0, 0.1) is 17.3 Å². The average Bonchev–Trinajstić information content (AvgIpc) is 2.74. The smallest absolute Gasteiger partial charge is 0.425 e. The average molecular weight is 440 g/mol. The van der Waals surface area contributed by atoms with Crippen molar-refractivity contribution in [2.24, 2.45) is 10.7 Å². The van der Waals surface area contributed by atoms with E-state index in [0.29, 0.717) is 0 Å². The summed E-state index contributed by atoms with van der Waals surface area (Å²) in [4.78, 5) is 23.1. The zero-order valence-corrected chi connectivity index (χ0v) is 15.5. The molecule has 2 aromatic heterocycles. The molecule has 2 aromatic rings. The standard InChI is InChI=1S/C18H13F5N6O2/c19-8-17(4-13(18(21,22)23)31-16(25)29-17)11-3-10(7-27-14(11)20)28-15(30)12-2-1-9(5-24)6-26-12/h1-3,6-7,13H,4,8H2,(H2,25,29)(H,28,30)/t13-,17+/m0/s1. The van der Waals surface area contributed by atoms with Crippen molar-refractivity contribution in [1.82, 2.24) is 9.97 Å². The largest absolute Gasteiger partial charge is 0.452 e. The minimum absolute atomic E-state index is 0.101. The molecule has 0 aliphatic carbocycles. The van der Waals surface area contributed by atoms with Crippen LogP contribution in [0.4, 0.5) is 27.6 Å². The molecule has 0 fully saturated rings. The SMILES string of the molecule is N#Cc1ccc(C(=O)Nc2cnc(F)c([C@]3(CF)C[C@@H](C(F)(F)F)OC(N)=N3)c2)nc1. The molecule has 0 unspecified atom stereocenters. The van der Waals surface area contributed by atoms with E-state index in [1.165, 1.54) is 12.1 Å². The maximum absolute atomic E-state index is 14.4. The van der Waals surface area contributed by atoms with E-state index < -0.39 is 54.4 Å². The first-order valence-corrected chi connectivity index (χ1v) is 8.56. The van der Waals surface area contributed by atoms with Gasteiger partial charge < -0.3 is 15.8 Å². The third-order valence-electron chi connectivity index (χ3n) is 4.42. The number of aromatic nitrogens is 2. The number of hydrogen-bond acceptors (Lipinski definition) is 7. The molecule has 31 heavy (non-hydrogen) atoms. The number of pyridine rings is 2. The van der Waals surface area contributed by atoms with Crippen molar-refractivity contribution in [3.63, 3.8) is 0 Å². The first kappa shape index (κ1) is 21.9. The molecule has 2 atom stereocenters. The molecule has 3 N–H and O–H groups in total. The van der Waals surface area contributed by atoms with E-state index in [4.69, 9.17) is 11.0 Å². The van der Waals surface area contributed by atoms with Crippen molar-refractivity contribution in [1.29, 1.82) is 5.26 Å². The maximum atomic E-state index is 14.4. The summed E-state index contributed by atoms with van der Waals surface area (Å²) in [5, 5.41) is 11.1. The fourth-order valence-electron chi connectivity index (χ4n) is 2.92. The lowest BCUT2D eigenvalue weighted by atomic mass is 9.85. The molecule has 162 valence electrons. The number of halogens is 5. The van der Waals surface area contributed by atoms with Crippen LogP contribution in [0.2, 0.25) is 0 Å². The highest BCUT2D eigenvalue weighted by molar-refractivity contribution is 6.02. The van der Waals surface area contributed by atoms with Crippen molar-refractivity contribution >= 4 is 17.6 Å². The summed E-state index contributed by atoms with van der Waals surface area (Å²) in [6.45, 7) is -1.53. The topological polar surface area (TPSA) is 126 Å². The second kappa shape index (κ2) is 8.13. The van der Waals surface area contributed by atoms with E-state index in [1.807, 2.05) is 6.07 Å². The predicted octanol–water partition coefficient (Wildman–Crippen LogP) is 2.57. The summed E-state index contributed by atoms with van der Waals surface area (Å²) in [6.07, 6.45) is -6.46. The van der Waals surface area contributed by atoms with Crippen LogP contribution in [0.1, 0.15) is 28.0 Å². The first-order chi connectivity index (χ1) is 14.6. The first-order valence-electron chi connectivity index (χ1n) is 8.56. The number of carbonyl (C=O) groups is 1. The van der Waals surface area contributed by atoms with Crippen LogP contribution in [-0.4, -0.2) is 40.9 Å². The molecule has 8 nitrogen and oxygen atoms in total. The molecule has 0 radical (unpaired) electrons. The third-order valence-corrected chi connectivity index (χ3v) is 4.42. The molecule has 0 saturated carbocycles. The number of carbonyl (C=O) groups excluding carboxylic acids is 1. The zero-order chi connectivity index (χ0) is 22.8. The highest BCUT2D eigenvalue weighted by Crippen LogP contribution is 2.41. The van der Waals surface area contributed by atoms with Gasteiger partial charge in [0.05, 0.1) is 17.4 Å². The lowest BCUT2D eigenvalue weighted by molar-refractivity contribution is -0.209. The number of nitrogens with two attached hydrogens (primary N) is 1. The molecule has 0 aromatic carbocycles. The van der Waals surface area contributed by atoms with Gasteiger partial charge in [-0.3, -0.25) is 4.79 Å². The van der Waals surface area contributed by atoms with Gasteiger partial charge in [0.2, 0.25) is 5.95 Å². The molecule has 1 aliphatic rings. The summed E-state index contributed by atoms with van der Waals surface area (Å²) in [5.74, 6) is -2.06. The molecule has 0 spiro atoms. The molecular formula is C18H13F5N6O2. The summed E-state index contributed by atoms with van der Waals surface area (Å²) in [7, 11) is 0. The Bertz CT molecular complexity index is 1070. The van der Waals surface area contributed by atoms with Gasteiger partial charge in [-0.15, -0.1) is 0 Å². The number of hydrogen-bond donors (Lipinski definition) is 2. The van der Waals surface area contributed by atoms with Gasteiger partial charge in [0.1, 0.15) is 24.0 Å². The van der Waals surface area contributed by atoms with Crippen LogP contribution in [0.5, 0.6) is 0 Å². The van der Waals surface area contributed by atoms with Crippen LogP contribution >= 0.6 is 0 Å². The lowest BCUT2D eigenvalue weighted by Gasteiger charge is -2.36. The Morgan fingerprint density at radius 2 is 2.10 bits per heavy atom. The highest BCUT2D eigenvalue weighted by Gasteiger charge is 2.52. The van der Waals surface area contributed by atoms with E-state index in [9.17, 15) is 26.7 Å². The number of nitrogens with one attached hydrogen (secondary N) is 1. The van der Waals surface area contributed by atoms with Crippen LogP contribution in [-0.2, 0) is 10.3 Å². The molecule has 0 bridgehead atoms. The van der Waals surface area contributed by atoms with Crippen molar-refractivity contribution in [2.75, 3.05) is 12.0 Å². The van der Waals surface area contributed by atoms with Crippen LogP contribution in [0.3, 0.4) is 0 Å². The fraction of sp³-hybridized carbons (Fsp3) is 0.278. The summed E-state index contributed by atoms with van der Waals surface area (Å²) >= 11 is 0.